The van der Waals surface area contributed by atoms with Crippen molar-refractivity contribution in [1.82, 2.24) is 10.3 Å². The molecular formula is C16H27N3O. The van der Waals surface area contributed by atoms with Crippen LogP contribution in [0.3, 0.4) is 0 Å². The first-order chi connectivity index (χ1) is 9.51. The van der Waals surface area contributed by atoms with Gasteiger partial charge in [0.1, 0.15) is 5.82 Å². The first kappa shape index (κ1) is 15.3. The summed E-state index contributed by atoms with van der Waals surface area (Å²) in [7, 11) is 0. The number of morpholine rings is 1. The number of rotatable bonds is 4. The van der Waals surface area contributed by atoms with Gasteiger partial charge in [0.05, 0.1) is 12.2 Å². The average Bonchev–Trinajstić information content (AvgIpc) is 2.35. The third kappa shape index (κ3) is 3.49. The molecule has 20 heavy (non-hydrogen) atoms. The van der Waals surface area contributed by atoms with Gasteiger partial charge in [-0.15, -0.1) is 0 Å². The summed E-state index contributed by atoms with van der Waals surface area (Å²) in [6.45, 7) is 14.3. The summed E-state index contributed by atoms with van der Waals surface area (Å²) in [6, 6.07) is 2.17. The predicted octanol–water partition coefficient (Wildman–Crippen LogP) is 2.42. The van der Waals surface area contributed by atoms with Crippen molar-refractivity contribution < 1.29 is 4.74 Å². The Morgan fingerprint density at radius 3 is 2.55 bits per heavy atom. The first-order valence-corrected chi connectivity index (χ1v) is 7.59. The van der Waals surface area contributed by atoms with Crippen LogP contribution in [0.1, 0.15) is 37.6 Å². The molecule has 1 aromatic heterocycles. The van der Waals surface area contributed by atoms with Gasteiger partial charge in [-0.1, -0.05) is 6.92 Å². The maximum absolute atomic E-state index is 5.83. The molecule has 1 aliphatic heterocycles. The summed E-state index contributed by atoms with van der Waals surface area (Å²) in [5.41, 5.74) is 3.73. The maximum atomic E-state index is 5.83. The highest BCUT2D eigenvalue weighted by atomic mass is 16.5. The molecule has 1 fully saturated rings. The van der Waals surface area contributed by atoms with E-state index >= 15 is 0 Å². The molecule has 0 saturated carbocycles. The largest absolute Gasteiger partial charge is 0.372 e. The number of nitrogens with one attached hydrogen (secondary N) is 1. The molecule has 1 N–H and O–H groups in total. The smallest absolute Gasteiger partial charge is 0.133 e. The highest BCUT2D eigenvalue weighted by Gasteiger charge is 2.25. The van der Waals surface area contributed by atoms with Crippen LogP contribution in [0.15, 0.2) is 6.07 Å². The Morgan fingerprint density at radius 2 is 1.95 bits per heavy atom. The van der Waals surface area contributed by atoms with Gasteiger partial charge in [-0.2, -0.15) is 0 Å². The van der Waals surface area contributed by atoms with Gasteiger partial charge >= 0.3 is 0 Å². The van der Waals surface area contributed by atoms with Crippen LogP contribution < -0.4 is 10.2 Å². The molecule has 2 heterocycles. The van der Waals surface area contributed by atoms with Crippen molar-refractivity contribution in [2.75, 3.05) is 24.5 Å². The lowest BCUT2D eigenvalue weighted by Crippen LogP contribution is -2.46. The molecule has 0 spiro atoms. The summed E-state index contributed by atoms with van der Waals surface area (Å²) < 4.78 is 5.83. The van der Waals surface area contributed by atoms with Gasteiger partial charge in [0, 0.05) is 30.9 Å². The molecule has 0 radical (unpaired) electrons. The lowest BCUT2D eigenvalue weighted by molar-refractivity contribution is -0.00552. The maximum Gasteiger partial charge on any atom is 0.133 e. The normalized spacial score (nSPS) is 23.1. The number of hydrogen-bond donors (Lipinski definition) is 1. The van der Waals surface area contributed by atoms with Crippen molar-refractivity contribution in [3.63, 3.8) is 0 Å². The summed E-state index contributed by atoms with van der Waals surface area (Å²) in [4.78, 5) is 7.19. The minimum Gasteiger partial charge on any atom is -0.372 e. The van der Waals surface area contributed by atoms with Crippen LogP contribution in [0.5, 0.6) is 0 Å². The minimum atomic E-state index is 0.258. The predicted molar refractivity (Wildman–Crippen MR) is 83.3 cm³/mol. The molecular weight excluding hydrogens is 250 g/mol. The van der Waals surface area contributed by atoms with Crippen LogP contribution >= 0.6 is 0 Å². The Hall–Kier alpha value is -1.13. The van der Waals surface area contributed by atoms with Crippen LogP contribution in [0.2, 0.25) is 0 Å². The Morgan fingerprint density at radius 1 is 1.30 bits per heavy atom. The molecule has 2 unspecified atom stereocenters. The highest BCUT2D eigenvalue weighted by molar-refractivity contribution is 5.52. The lowest BCUT2D eigenvalue weighted by Gasteiger charge is -2.37. The second kappa shape index (κ2) is 6.55. The van der Waals surface area contributed by atoms with Crippen LogP contribution in [-0.2, 0) is 11.3 Å². The lowest BCUT2D eigenvalue weighted by atomic mass is 10.1. The molecule has 1 aromatic rings. The minimum absolute atomic E-state index is 0.258. The summed E-state index contributed by atoms with van der Waals surface area (Å²) in [5.74, 6) is 1.13. The quantitative estimate of drug-likeness (QED) is 0.917. The van der Waals surface area contributed by atoms with Crippen molar-refractivity contribution in [3.8, 4) is 0 Å². The zero-order chi connectivity index (χ0) is 14.7. The fourth-order valence-corrected chi connectivity index (χ4v) is 2.92. The van der Waals surface area contributed by atoms with Crippen molar-refractivity contribution in [2.45, 2.75) is 53.4 Å². The fraction of sp³-hybridized carbons (Fsp3) is 0.688. The van der Waals surface area contributed by atoms with E-state index in [0.717, 1.165) is 37.7 Å². The van der Waals surface area contributed by atoms with E-state index in [4.69, 9.17) is 9.72 Å². The van der Waals surface area contributed by atoms with Gasteiger partial charge in [-0.05, 0) is 45.9 Å². The first-order valence-electron chi connectivity index (χ1n) is 7.59. The highest BCUT2D eigenvalue weighted by Crippen LogP contribution is 2.25. The van der Waals surface area contributed by atoms with Crippen LogP contribution in [0.4, 0.5) is 5.82 Å². The zero-order valence-electron chi connectivity index (χ0n) is 13.4. The molecule has 112 valence electrons. The van der Waals surface area contributed by atoms with E-state index in [0.29, 0.717) is 0 Å². The van der Waals surface area contributed by atoms with Gasteiger partial charge in [0.25, 0.3) is 0 Å². The van der Waals surface area contributed by atoms with E-state index in [2.05, 4.69) is 50.9 Å². The number of pyridine rings is 1. The van der Waals surface area contributed by atoms with Crippen molar-refractivity contribution in [3.05, 3.63) is 22.9 Å². The summed E-state index contributed by atoms with van der Waals surface area (Å²) >= 11 is 0. The third-order valence-corrected chi connectivity index (χ3v) is 3.72. The molecule has 0 amide bonds. The molecule has 2 atom stereocenters. The Bertz CT molecular complexity index is 451. The van der Waals surface area contributed by atoms with Crippen LogP contribution in [0.25, 0.3) is 0 Å². The van der Waals surface area contributed by atoms with Gasteiger partial charge in [-0.3, -0.25) is 0 Å². The fourth-order valence-electron chi connectivity index (χ4n) is 2.92. The molecule has 4 heteroatoms. The number of aryl methyl sites for hydroxylation is 2. The molecule has 1 saturated heterocycles. The van der Waals surface area contributed by atoms with E-state index in [1.54, 1.807) is 0 Å². The van der Waals surface area contributed by atoms with E-state index in [1.165, 1.54) is 11.1 Å². The molecule has 0 bridgehead atoms. The van der Waals surface area contributed by atoms with Gasteiger partial charge in [0.2, 0.25) is 0 Å². The monoisotopic (exact) mass is 277 g/mol. The van der Waals surface area contributed by atoms with Crippen molar-refractivity contribution in [2.24, 2.45) is 0 Å². The number of hydrogen-bond acceptors (Lipinski definition) is 4. The van der Waals surface area contributed by atoms with E-state index in [-0.39, 0.29) is 12.2 Å². The van der Waals surface area contributed by atoms with E-state index in [9.17, 15) is 0 Å². The molecule has 2 rings (SSSR count). The standard InChI is InChI=1S/C16H27N3O/c1-6-17-8-15-11(2)7-12(3)18-16(15)19-9-13(4)20-14(5)10-19/h7,13-14,17H,6,8-10H2,1-5H3. The second-order valence-corrected chi connectivity index (χ2v) is 5.83. The topological polar surface area (TPSA) is 37.4 Å². The second-order valence-electron chi connectivity index (χ2n) is 5.83. The Labute approximate surface area is 122 Å². The third-order valence-electron chi connectivity index (χ3n) is 3.72. The Kier molecular flexibility index (Phi) is 5.00. The van der Waals surface area contributed by atoms with E-state index < -0.39 is 0 Å². The number of nitrogens with zero attached hydrogens (tertiary/aromatic N) is 2. The molecule has 4 nitrogen and oxygen atoms in total. The zero-order valence-corrected chi connectivity index (χ0v) is 13.4. The Balaban J connectivity index is 2.32. The number of anilines is 1. The van der Waals surface area contributed by atoms with E-state index in [1.807, 2.05) is 0 Å². The number of ether oxygens (including phenoxy) is 1. The average molecular weight is 277 g/mol. The number of aromatic nitrogens is 1. The van der Waals surface area contributed by atoms with Gasteiger partial charge < -0.3 is 15.0 Å². The molecule has 0 aromatic carbocycles. The van der Waals surface area contributed by atoms with Gasteiger partial charge in [-0.25, -0.2) is 4.98 Å². The SMILES string of the molecule is CCNCc1c(C)cc(C)nc1N1CC(C)OC(C)C1. The van der Waals surface area contributed by atoms with Gasteiger partial charge in [0.15, 0.2) is 0 Å². The van der Waals surface area contributed by atoms with Crippen LogP contribution in [-0.4, -0.2) is 36.8 Å². The summed E-state index contributed by atoms with van der Waals surface area (Å²) in [5, 5.41) is 3.43. The van der Waals surface area contributed by atoms with Crippen LogP contribution in [0, 0.1) is 13.8 Å². The van der Waals surface area contributed by atoms with Crippen molar-refractivity contribution >= 4 is 5.82 Å². The molecule has 0 aliphatic carbocycles. The van der Waals surface area contributed by atoms with Crippen molar-refractivity contribution in [1.29, 1.82) is 0 Å². The summed E-state index contributed by atoms with van der Waals surface area (Å²) in [6.07, 6.45) is 0.515. The molecule has 1 aliphatic rings.